The zero-order valence-corrected chi connectivity index (χ0v) is 14.5. The zero-order chi connectivity index (χ0) is 18.1. The Hall–Kier alpha value is -3.51. The molecule has 26 heavy (non-hydrogen) atoms. The SMILES string of the molecule is C[C@H](c1nnc(N)s1)n1cc(-c2ccc(-c3ccccc3C#N)o2)nn1. The van der Waals surface area contributed by atoms with Crippen LogP contribution in [0.1, 0.15) is 23.5 Å². The van der Waals surface area contributed by atoms with Crippen LogP contribution < -0.4 is 5.73 Å². The van der Waals surface area contributed by atoms with Gasteiger partial charge in [0.15, 0.2) is 5.76 Å². The van der Waals surface area contributed by atoms with E-state index in [1.54, 1.807) is 16.9 Å². The number of nitrogens with zero attached hydrogens (tertiary/aromatic N) is 6. The molecule has 0 amide bonds. The van der Waals surface area contributed by atoms with Crippen LogP contribution in [0.5, 0.6) is 0 Å². The average Bonchev–Trinajstić information content (AvgIpc) is 3.41. The summed E-state index contributed by atoms with van der Waals surface area (Å²) in [7, 11) is 0. The molecule has 1 aromatic carbocycles. The van der Waals surface area contributed by atoms with Gasteiger partial charge in [-0.25, -0.2) is 4.68 Å². The summed E-state index contributed by atoms with van der Waals surface area (Å²) in [5.41, 5.74) is 7.52. The number of nitrogen functional groups attached to an aromatic ring is 1. The smallest absolute Gasteiger partial charge is 0.203 e. The molecule has 0 radical (unpaired) electrons. The lowest BCUT2D eigenvalue weighted by atomic mass is 10.1. The van der Waals surface area contributed by atoms with Crippen molar-refractivity contribution in [1.29, 1.82) is 5.26 Å². The first kappa shape index (κ1) is 16.0. The molecule has 0 saturated heterocycles. The lowest BCUT2D eigenvalue weighted by Gasteiger charge is -2.05. The van der Waals surface area contributed by atoms with Gasteiger partial charge in [-0.1, -0.05) is 28.7 Å². The molecule has 128 valence electrons. The molecule has 0 fully saturated rings. The highest BCUT2D eigenvalue weighted by Gasteiger charge is 2.17. The molecule has 0 spiro atoms. The Kier molecular flexibility index (Phi) is 3.95. The molecule has 9 heteroatoms. The third-order valence-corrected chi connectivity index (χ3v) is 4.81. The van der Waals surface area contributed by atoms with Crippen LogP contribution in [0.25, 0.3) is 22.8 Å². The Bertz CT molecular complexity index is 1100. The Morgan fingerprint density at radius 1 is 1.15 bits per heavy atom. The van der Waals surface area contributed by atoms with Crippen molar-refractivity contribution in [2.45, 2.75) is 13.0 Å². The minimum Gasteiger partial charge on any atom is -0.454 e. The van der Waals surface area contributed by atoms with Crippen LogP contribution in [0, 0.1) is 11.3 Å². The molecular formula is C17H13N7OS. The summed E-state index contributed by atoms with van der Waals surface area (Å²) in [5.74, 6) is 1.18. The maximum atomic E-state index is 9.24. The van der Waals surface area contributed by atoms with Gasteiger partial charge < -0.3 is 10.2 Å². The summed E-state index contributed by atoms with van der Waals surface area (Å²) in [6.07, 6.45) is 1.78. The van der Waals surface area contributed by atoms with Gasteiger partial charge in [0.05, 0.1) is 17.8 Å². The summed E-state index contributed by atoms with van der Waals surface area (Å²) in [5, 5.41) is 26.6. The second-order valence-corrected chi connectivity index (χ2v) is 6.60. The molecule has 2 N–H and O–H groups in total. The highest BCUT2D eigenvalue weighted by atomic mass is 32.1. The van der Waals surface area contributed by atoms with Crippen LogP contribution in [0.2, 0.25) is 0 Å². The molecule has 0 bridgehead atoms. The zero-order valence-electron chi connectivity index (χ0n) is 13.7. The van der Waals surface area contributed by atoms with Crippen LogP contribution in [0.3, 0.4) is 0 Å². The number of hydrogen-bond acceptors (Lipinski definition) is 8. The van der Waals surface area contributed by atoms with E-state index in [0.717, 1.165) is 10.6 Å². The molecule has 1 atom stereocenters. The molecule has 4 rings (SSSR count). The van der Waals surface area contributed by atoms with E-state index >= 15 is 0 Å². The van der Waals surface area contributed by atoms with E-state index in [1.165, 1.54) is 11.3 Å². The van der Waals surface area contributed by atoms with Gasteiger partial charge in [0, 0.05) is 5.56 Å². The van der Waals surface area contributed by atoms with Gasteiger partial charge in [0.25, 0.3) is 0 Å². The number of anilines is 1. The fourth-order valence-electron chi connectivity index (χ4n) is 2.52. The number of aromatic nitrogens is 5. The van der Waals surface area contributed by atoms with E-state index in [9.17, 15) is 5.26 Å². The first-order valence-electron chi connectivity index (χ1n) is 7.76. The highest BCUT2D eigenvalue weighted by molar-refractivity contribution is 7.15. The summed E-state index contributed by atoms with van der Waals surface area (Å²) in [6.45, 7) is 1.94. The Morgan fingerprint density at radius 2 is 1.96 bits per heavy atom. The first-order chi connectivity index (χ1) is 12.7. The summed E-state index contributed by atoms with van der Waals surface area (Å²) >= 11 is 1.31. The molecule has 0 aliphatic carbocycles. The van der Waals surface area contributed by atoms with Crippen molar-refractivity contribution < 1.29 is 4.42 Å². The molecule has 4 aromatic rings. The van der Waals surface area contributed by atoms with Gasteiger partial charge in [0.2, 0.25) is 5.13 Å². The first-order valence-corrected chi connectivity index (χ1v) is 8.58. The lowest BCUT2D eigenvalue weighted by molar-refractivity contribution is 0.537. The molecule has 0 aliphatic heterocycles. The standard InChI is InChI=1S/C17H13N7OS/c1-10(16-21-22-17(19)26-16)24-9-13(20-23-24)15-7-6-14(25-15)12-5-3-2-4-11(12)8-18/h2-7,9-10H,1H3,(H2,19,22)/t10-/m1/s1. The van der Waals surface area contributed by atoms with Crippen LogP contribution in [0.4, 0.5) is 5.13 Å². The largest absolute Gasteiger partial charge is 0.454 e. The van der Waals surface area contributed by atoms with Gasteiger partial charge in [0.1, 0.15) is 22.5 Å². The van der Waals surface area contributed by atoms with E-state index < -0.39 is 0 Å². The van der Waals surface area contributed by atoms with Gasteiger partial charge >= 0.3 is 0 Å². The van der Waals surface area contributed by atoms with Crippen molar-refractivity contribution >= 4 is 16.5 Å². The van der Waals surface area contributed by atoms with Crippen molar-refractivity contribution in [1.82, 2.24) is 25.2 Å². The summed E-state index contributed by atoms with van der Waals surface area (Å²) in [6, 6.07) is 12.9. The van der Waals surface area contributed by atoms with Crippen LogP contribution in [-0.4, -0.2) is 25.2 Å². The third-order valence-electron chi connectivity index (χ3n) is 3.89. The average molecular weight is 363 g/mol. The number of nitrogens with two attached hydrogens (primary N) is 1. The van der Waals surface area contributed by atoms with Crippen molar-refractivity contribution in [2.75, 3.05) is 5.73 Å². The third kappa shape index (κ3) is 2.82. The second kappa shape index (κ2) is 6.42. The van der Waals surface area contributed by atoms with Gasteiger partial charge in [-0.2, -0.15) is 5.26 Å². The Balaban J connectivity index is 1.63. The van der Waals surface area contributed by atoms with Crippen molar-refractivity contribution in [3.05, 3.63) is 53.2 Å². The summed E-state index contributed by atoms with van der Waals surface area (Å²) < 4.78 is 7.57. The number of hydrogen-bond donors (Lipinski definition) is 1. The van der Waals surface area contributed by atoms with E-state index in [0.29, 0.717) is 27.9 Å². The maximum Gasteiger partial charge on any atom is 0.203 e. The molecular weight excluding hydrogens is 350 g/mol. The van der Waals surface area contributed by atoms with Gasteiger partial charge in [-0.15, -0.1) is 15.3 Å². The van der Waals surface area contributed by atoms with E-state index in [1.807, 2.05) is 37.3 Å². The monoisotopic (exact) mass is 363 g/mol. The van der Waals surface area contributed by atoms with Gasteiger partial charge in [-0.3, -0.25) is 0 Å². The number of nitriles is 1. The van der Waals surface area contributed by atoms with Crippen molar-refractivity contribution in [3.8, 4) is 28.8 Å². The Labute approximate surface area is 152 Å². The molecule has 8 nitrogen and oxygen atoms in total. The Morgan fingerprint density at radius 3 is 2.73 bits per heavy atom. The van der Waals surface area contributed by atoms with Crippen LogP contribution in [0.15, 0.2) is 47.0 Å². The van der Waals surface area contributed by atoms with E-state index in [2.05, 4.69) is 26.6 Å². The minimum atomic E-state index is -0.139. The topological polar surface area (TPSA) is 119 Å². The van der Waals surface area contributed by atoms with Gasteiger partial charge in [-0.05, 0) is 31.2 Å². The summed E-state index contributed by atoms with van der Waals surface area (Å²) in [4.78, 5) is 0. The number of benzene rings is 1. The fourth-order valence-corrected chi connectivity index (χ4v) is 3.18. The molecule has 0 saturated carbocycles. The van der Waals surface area contributed by atoms with Crippen molar-refractivity contribution in [2.24, 2.45) is 0 Å². The molecule has 0 aliphatic rings. The van der Waals surface area contributed by atoms with Crippen LogP contribution >= 0.6 is 11.3 Å². The number of furan rings is 1. The maximum absolute atomic E-state index is 9.24. The number of rotatable bonds is 4. The van der Waals surface area contributed by atoms with E-state index in [-0.39, 0.29) is 6.04 Å². The predicted octanol–water partition coefficient (Wildman–Crippen LogP) is 3.12. The highest BCUT2D eigenvalue weighted by Crippen LogP contribution is 2.30. The quantitative estimate of drug-likeness (QED) is 0.591. The van der Waals surface area contributed by atoms with Crippen LogP contribution in [-0.2, 0) is 0 Å². The van der Waals surface area contributed by atoms with Crippen molar-refractivity contribution in [3.63, 3.8) is 0 Å². The minimum absolute atomic E-state index is 0.139. The van der Waals surface area contributed by atoms with E-state index in [4.69, 9.17) is 10.2 Å². The fraction of sp³-hybridized carbons (Fsp3) is 0.118. The molecule has 3 aromatic heterocycles. The lowest BCUT2D eigenvalue weighted by Crippen LogP contribution is -2.07. The predicted molar refractivity (Wildman–Crippen MR) is 96.0 cm³/mol. The normalized spacial score (nSPS) is 12.0. The molecule has 3 heterocycles. The molecule has 0 unspecified atom stereocenters. The second-order valence-electron chi connectivity index (χ2n) is 5.56.